The largest absolute Gasteiger partial charge is 0.493 e. The fraction of sp³-hybridized carbons (Fsp3) is 0.130. The average Bonchev–Trinajstić information content (AvgIpc) is 3.13. The van der Waals surface area contributed by atoms with Crippen LogP contribution in [0.2, 0.25) is 0 Å². The van der Waals surface area contributed by atoms with E-state index < -0.39 is 0 Å². The van der Waals surface area contributed by atoms with Gasteiger partial charge in [0.15, 0.2) is 5.69 Å². The number of aromatic nitrogens is 2. The maximum absolute atomic E-state index is 12.3. The Morgan fingerprint density at radius 3 is 2.65 bits per heavy atom. The van der Waals surface area contributed by atoms with Crippen molar-refractivity contribution in [2.75, 3.05) is 13.7 Å². The van der Waals surface area contributed by atoms with Gasteiger partial charge in [-0.1, -0.05) is 24.3 Å². The van der Waals surface area contributed by atoms with Crippen molar-refractivity contribution in [1.82, 2.24) is 15.3 Å². The molecular formula is C23H21N5O3. The highest BCUT2D eigenvalue weighted by Gasteiger charge is 2.10. The lowest BCUT2D eigenvalue weighted by Gasteiger charge is -2.06. The van der Waals surface area contributed by atoms with Crippen LogP contribution in [0.4, 0.5) is 11.4 Å². The summed E-state index contributed by atoms with van der Waals surface area (Å²) in [5.74, 6) is 0.358. The summed E-state index contributed by atoms with van der Waals surface area (Å²) in [5, 5.41) is 22.1. The number of H-pyrrole nitrogens is 1. The lowest BCUT2D eigenvalue weighted by atomic mass is 10.2. The van der Waals surface area contributed by atoms with E-state index in [1.54, 1.807) is 43.6 Å². The molecule has 156 valence electrons. The molecule has 2 aromatic heterocycles. The number of para-hydroxylation sites is 1. The minimum absolute atomic E-state index is 0.0343. The van der Waals surface area contributed by atoms with E-state index in [0.717, 1.165) is 16.5 Å². The topological polar surface area (TPSA) is 112 Å². The molecule has 4 aromatic rings. The van der Waals surface area contributed by atoms with Crippen LogP contribution < -0.4 is 10.1 Å². The fourth-order valence-corrected chi connectivity index (χ4v) is 3.10. The number of aromatic amines is 1. The molecule has 0 fully saturated rings. The second kappa shape index (κ2) is 9.08. The molecule has 31 heavy (non-hydrogen) atoms. The first-order chi connectivity index (χ1) is 15.1. The standard InChI is InChI=1S/C23H21N5O3/c1-31-20-11-6-15(14-25-20)12-13-24-22(29)16-7-9-17(10-8-16)27-28-21-18-4-2-3-5-19(18)26-23(21)30/h2-11,14,26,30H,12-13H2,1H3,(H,24,29). The molecule has 8 heteroatoms. The van der Waals surface area contributed by atoms with E-state index in [4.69, 9.17) is 4.74 Å². The molecule has 4 rings (SSSR count). The Hall–Kier alpha value is -4.20. The van der Waals surface area contributed by atoms with Crippen LogP contribution in [0.15, 0.2) is 77.1 Å². The van der Waals surface area contributed by atoms with Crippen LogP contribution in [-0.2, 0) is 6.42 Å². The number of azo groups is 1. The summed E-state index contributed by atoms with van der Waals surface area (Å²) in [6.45, 7) is 0.494. The predicted octanol–water partition coefficient (Wildman–Crippen LogP) is 4.67. The summed E-state index contributed by atoms with van der Waals surface area (Å²) in [6.07, 6.45) is 2.40. The molecule has 0 radical (unpaired) electrons. The van der Waals surface area contributed by atoms with Gasteiger partial charge >= 0.3 is 0 Å². The van der Waals surface area contributed by atoms with Crippen molar-refractivity contribution >= 4 is 28.2 Å². The van der Waals surface area contributed by atoms with E-state index in [-0.39, 0.29) is 11.8 Å². The average molecular weight is 415 g/mol. The van der Waals surface area contributed by atoms with Crippen molar-refractivity contribution in [1.29, 1.82) is 0 Å². The lowest BCUT2D eigenvalue weighted by Crippen LogP contribution is -2.25. The SMILES string of the molecule is COc1ccc(CCNC(=O)c2ccc(N=Nc3c(O)[nH]c4ccccc34)cc2)cn1. The van der Waals surface area contributed by atoms with Crippen molar-refractivity contribution in [2.45, 2.75) is 6.42 Å². The monoisotopic (exact) mass is 415 g/mol. The Bertz CT molecular complexity index is 1210. The molecule has 2 aromatic carbocycles. The van der Waals surface area contributed by atoms with Gasteiger partial charge in [-0.25, -0.2) is 4.98 Å². The number of ether oxygens (including phenoxy) is 1. The third-order valence-electron chi connectivity index (χ3n) is 4.76. The predicted molar refractivity (Wildman–Crippen MR) is 117 cm³/mol. The maximum atomic E-state index is 12.3. The van der Waals surface area contributed by atoms with Gasteiger partial charge in [0, 0.05) is 29.8 Å². The van der Waals surface area contributed by atoms with Crippen molar-refractivity contribution < 1.29 is 14.6 Å². The lowest BCUT2D eigenvalue weighted by molar-refractivity contribution is 0.0954. The summed E-state index contributed by atoms with van der Waals surface area (Å²) in [4.78, 5) is 19.4. The maximum Gasteiger partial charge on any atom is 0.251 e. The number of methoxy groups -OCH3 is 1. The van der Waals surface area contributed by atoms with Gasteiger partial charge in [0.2, 0.25) is 11.8 Å². The van der Waals surface area contributed by atoms with Gasteiger partial charge in [-0.3, -0.25) is 4.79 Å². The summed E-state index contributed by atoms with van der Waals surface area (Å²) in [6, 6.07) is 18.0. The van der Waals surface area contributed by atoms with Gasteiger partial charge < -0.3 is 20.1 Å². The molecule has 8 nitrogen and oxygen atoms in total. The Morgan fingerprint density at radius 2 is 1.90 bits per heavy atom. The molecule has 1 amide bonds. The van der Waals surface area contributed by atoms with E-state index in [1.165, 1.54) is 0 Å². The van der Waals surface area contributed by atoms with Gasteiger partial charge in [-0.2, -0.15) is 5.11 Å². The summed E-state index contributed by atoms with van der Waals surface area (Å²) in [5.41, 5.74) is 3.28. The van der Waals surface area contributed by atoms with Crippen LogP contribution in [0.25, 0.3) is 10.9 Å². The molecule has 2 heterocycles. The number of rotatable bonds is 7. The van der Waals surface area contributed by atoms with E-state index in [2.05, 4.69) is 25.5 Å². The van der Waals surface area contributed by atoms with Gasteiger partial charge in [0.1, 0.15) is 0 Å². The van der Waals surface area contributed by atoms with Gasteiger partial charge in [-0.15, -0.1) is 5.11 Å². The molecule has 0 atom stereocenters. The van der Waals surface area contributed by atoms with Crippen molar-refractivity contribution in [3.05, 3.63) is 78.0 Å². The molecule has 0 aliphatic heterocycles. The zero-order chi connectivity index (χ0) is 21.6. The third-order valence-corrected chi connectivity index (χ3v) is 4.76. The number of pyridine rings is 1. The van der Waals surface area contributed by atoms with Crippen LogP contribution in [-0.4, -0.2) is 34.6 Å². The van der Waals surface area contributed by atoms with Crippen LogP contribution in [0.1, 0.15) is 15.9 Å². The number of benzene rings is 2. The fourth-order valence-electron chi connectivity index (χ4n) is 3.10. The Morgan fingerprint density at radius 1 is 1.10 bits per heavy atom. The molecule has 3 N–H and O–H groups in total. The number of amides is 1. The number of fused-ring (bicyclic) bond motifs is 1. The molecular weight excluding hydrogens is 394 g/mol. The highest BCUT2D eigenvalue weighted by atomic mass is 16.5. The Labute approximate surface area is 178 Å². The minimum Gasteiger partial charge on any atom is -0.493 e. The van der Waals surface area contributed by atoms with E-state index in [1.807, 2.05) is 30.3 Å². The number of carbonyl (C=O) groups excluding carboxylic acids is 1. The minimum atomic E-state index is -0.167. The smallest absolute Gasteiger partial charge is 0.251 e. The normalized spacial score (nSPS) is 11.1. The van der Waals surface area contributed by atoms with E-state index >= 15 is 0 Å². The van der Waals surface area contributed by atoms with Gasteiger partial charge in [0.25, 0.3) is 5.91 Å². The quantitative estimate of drug-likeness (QED) is 0.381. The van der Waals surface area contributed by atoms with E-state index in [0.29, 0.717) is 35.8 Å². The number of carbonyl (C=O) groups is 1. The Kier molecular flexibility index (Phi) is 5.89. The third kappa shape index (κ3) is 4.69. The Balaban J connectivity index is 1.35. The van der Waals surface area contributed by atoms with Crippen LogP contribution in [0.5, 0.6) is 11.8 Å². The summed E-state index contributed by atoms with van der Waals surface area (Å²) >= 11 is 0. The second-order valence-corrected chi connectivity index (χ2v) is 6.83. The van der Waals surface area contributed by atoms with Crippen molar-refractivity contribution in [3.63, 3.8) is 0 Å². The molecule has 0 aliphatic rings. The van der Waals surface area contributed by atoms with Crippen LogP contribution >= 0.6 is 0 Å². The van der Waals surface area contributed by atoms with Crippen molar-refractivity contribution in [3.8, 4) is 11.8 Å². The molecule has 0 saturated carbocycles. The number of nitrogens with one attached hydrogen (secondary N) is 2. The number of aromatic hydroxyl groups is 1. The number of nitrogens with zero attached hydrogens (tertiary/aromatic N) is 3. The van der Waals surface area contributed by atoms with Gasteiger partial charge in [0.05, 0.1) is 18.3 Å². The number of hydrogen-bond donors (Lipinski definition) is 3. The van der Waals surface area contributed by atoms with Crippen LogP contribution in [0.3, 0.4) is 0 Å². The molecule has 0 aliphatic carbocycles. The molecule has 0 bridgehead atoms. The number of hydrogen-bond acceptors (Lipinski definition) is 6. The van der Waals surface area contributed by atoms with Crippen LogP contribution in [0, 0.1) is 0 Å². The summed E-state index contributed by atoms with van der Waals surface area (Å²) < 4.78 is 5.03. The van der Waals surface area contributed by atoms with Gasteiger partial charge in [-0.05, 0) is 42.3 Å². The van der Waals surface area contributed by atoms with E-state index in [9.17, 15) is 9.90 Å². The molecule has 0 unspecified atom stereocenters. The zero-order valence-electron chi connectivity index (χ0n) is 16.9. The molecule has 0 spiro atoms. The first kappa shape index (κ1) is 20.1. The molecule has 0 saturated heterocycles. The first-order valence-corrected chi connectivity index (χ1v) is 9.72. The first-order valence-electron chi connectivity index (χ1n) is 9.72. The second-order valence-electron chi connectivity index (χ2n) is 6.83. The zero-order valence-corrected chi connectivity index (χ0v) is 16.9. The highest BCUT2D eigenvalue weighted by Crippen LogP contribution is 2.36. The van der Waals surface area contributed by atoms with Crippen molar-refractivity contribution in [2.24, 2.45) is 10.2 Å². The summed E-state index contributed by atoms with van der Waals surface area (Å²) in [7, 11) is 1.57. The highest BCUT2D eigenvalue weighted by molar-refractivity contribution is 5.95.